The van der Waals surface area contributed by atoms with E-state index in [1.807, 2.05) is 76.2 Å². The summed E-state index contributed by atoms with van der Waals surface area (Å²) in [6, 6.07) is 36.5. The van der Waals surface area contributed by atoms with Crippen molar-refractivity contribution in [2.24, 2.45) is 5.92 Å². The van der Waals surface area contributed by atoms with Crippen LogP contribution in [0.5, 0.6) is 0 Å². The lowest BCUT2D eigenvalue weighted by Gasteiger charge is -2.27. The van der Waals surface area contributed by atoms with Gasteiger partial charge < -0.3 is 9.47 Å². The summed E-state index contributed by atoms with van der Waals surface area (Å²) >= 11 is 0. The van der Waals surface area contributed by atoms with Crippen molar-refractivity contribution >= 4 is 24.0 Å². The van der Waals surface area contributed by atoms with E-state index in [2.05, 4.69) is 67.2 Å². The molecule has 2 fully saturated rings. The van der Waals surface area contributed by atoms with Crippen molar-refractivity contribution in [1.82, 2.24) is 9.80 Å². The van der Waals surface area contributed by atoms with E-state index in [-0.39, 0.29) is 44.7 Å². The van der Waals surface area contributed by atoms with E-state index in [0.29, 0.717) is 31.3 Å². The Morgan fingerprint density at radius 2 is 0.982 bits per heavy atom. The van der Waals surface area contributed by atoms with Crippen LogP contribution in [0, 0.1) is 5.92 Å². The maximum absolute atomic E-state index is 12.5. The number of carbonyl (C=O) groups excluding carboxylic acids is 4. The number of likely N-dealkylation sites (tertiary alicyclic amines) is 2. The fraction of sp³-hybridized carbons (Fsp3) is 0.375. The van der Waals surface area contributed by atoms with Crippen LogP contribution in [0.15, 0.2) is 121 Å². The number of amides is 4. The van der Waals surface area contributed by atoms with Gasteiger partial charge in [-0.2, -0.15) is 0 Å². The molecule has 298 valence electrons. The van der Waals surface area contributed by atoms with Crippen LogP contribution in [0.2, 0.25) is 0 Å². The van der Waals surface area contributed by atoms with Crippen molar-refractivity contribution in [1.29, 1.82) is 0 Å². The molecule has 2 heterocycles. The number of benzene rings is 4. The Morgan fingerprint density at radius 1 is 0.607 bits per heavy atom. The second kappa shape index (κ2) is 18.9. The number of rotatable bonds is 6. The molecule has 0 aromatic heterocycles. The minimum atomic E-state index is -0.650. The number of carbonyl (C=O) groups is 4. The predicted molar refractivity (Wildman–Crippen MR) is 226 cm³/mol. The summed E-state index contributed by atoms with van der Waals surface area (Å²) < 4.78 is 10.9. The van der Waals surface area contributed by atoms with Crippen LogP contribution in [-0.4, -0.2) is 57.1 Å². The van der Waals surface area contributed by atoms with E-state index in [1.54, 1.807) is 20.8 Å². The molecule has 1 unspecified atom stereocenters. The molecule has 2 saturated heterocycles. The second-order valence-corrected chi connectivity index (χ2v) is 16.1. The highest BCUT2D eigenvalue weighted by atomic mass is 16.6. The average molecular weight is 761 g/mol. The second-order valence-electron chi connectivity index (χ2n) is 16.1. The van der Waals surface area contributed by atoms with Crippen LogP contribution in [0.25, 0.3) is 22.3 Å². The Kier molecular flexibility index (Phi) is 15.1. The molecule has 4 aromatic rings. The van der Waals surface area contributed by atoms with Gasteiger partial charge in [0.2, 0.25) is 5.91 Å². The average Bonchev–Trinajstić information content (AvgIpc) is 3.56. The number of hydrogen-bond donors (Lipinski definition) is 0. The summed E-state index contributed by atoms with van der Waals surface area (Å²) in [5.41, 5.74) is 5.97. The van der Waals surface area contributed by atoms with Crippen LogP contribution in [0.4, 0.5) is 9.59 Å². The number of ether oxygens (including phenoxy) is 2. The molecule has 0 radical (unpaired) electrons. The summed E-state index contributed by atoms with van der Waals surface area (Å²) in [5, 5.41) is 0. The Bertz CT molecular complexity index is 1940. The van der Waals surface area contributed by atoms with E-state index >= 15 is 0 Å². The van der Waals surface area contributed by atoms with Gasteiger partial charge in [0, 0.05) is 17.5 Å². The van der Waals surface area contributed by atoms with Crippen LogP contribution in [0.3, 0.4) is 0 Å². The Morgan fingerprint density at radius 3 is 1.39 bits per heavy atom. The molecule has 2 aliphatic rings. The third kappa shape index (κ3) is 11.8. The van der Waals surface area contributed by atoms with Crippen molar-refractivity contribution in [3.8, 4) is 22.3 Å². The van der Waals surface area contributed by atoms with E-state index in [0.717, 1.165) is 27.8 Å². The fourth-order valence-electron chi connectivity index (χ4n) is 6.73. The predicted octanol–water partition coefficient (Wildman–Crippen LogP) is 11.3. The minimum absolute atomic E-state index is 0. The standard InChI is InChI=1S/C23H27NO3.C23H25NO3.2CH4/c2*1-16-14-20(24(21(16)25)22(26)27-23(2,3)4)15-17-10-12-19(13-11-17)18-8-6-5-7-9-18;;/h5-13,16,20H,14-15H2,1-4H3;5-13,20H,1,14-15H2,2-4H3;2*1H4/t16?,20-;20-;;/m00../s1. The molecule has 2 aliphatic heterocycles. The summed E-state index contributed by atoms with van der Waals surface area (Å²) in [7, 11) is 0. The molecule has 0 saturated carbocycles. The lowest BCUT2D eigenvalue weighted by molar-refractivity contribution is -0.130. The first kappa shape index (κ1) is 44.9. The smallest absolute Gasteiger partial charge is 0.417 e. The Balaban J connectivity index is 0.000000290. The lowest BCUT2D eigenvalue weighted by atomic mass is 9.98. The Hall–Kier alpha value is -5.50. The first-order chi connectivity index (χ1) is 25.5. The number of hydrogen-bond acceptors (Lipinski definition) is 6. The molecule has 6 rings (SSSR count). The first-order valence-corrected chi connectivity index (χ1v) is 18.6. The summed E-state index contributed by atoms with van der Waals surface area (Å²) in [6.45, 7) is 16.5. The third-order valence-electron chi connectivity index (χ3n) is 9.26. The largest absolute Gasteiger partial charge is 0.443 e. The highest BCUT2D eigenvalue weighted by molar-refractivity contribution is 6.04. The molecular weight excluding hydrogens is 701 g/mol. The Labute approximate surface area is 334 Å². The van der Waals surface area contributed by atoms with E-state index in [9.17, 15) is 19.2 Å². The van der Waals surface area contributed by atoms with E-state index in [1.165, 1.54) is 15.4 Å². The van der Waals surface area contributed by atoms with Crippen molar-refractivity contribution in [2.75, 3.05) is 0 Å². The highest BCUT2D eigenvalue weighted by Gasteiger charge is 2.43. The van der Waals surface area contributed by atoms with Gasteiger partial charge in [-0.25, -0.2) is 19.4 Å². The minimum Gasteiger partial charge on any atom is -0.443 e. The van der Waals surface area contributed by atoms with Gasteiger partial charge >= 0.3 is 12.2 Å². The monoisotopic (exact) mass is 760 g/mol. The normalized spacial score (nSPS) is 18.0. The fourth-order valence-corrected chi connectivity index (χ4v) is 6.73. The van der Waals surface area contributed by atoms with Gasteiger partial charge in [-0.1, -0.05) is 138 Å². The van der Waals surface area contributed by atoms with Gasteiger partial charge in [0.25, 0.3) is 5.91 Å². The van der Waals surface area contributed by atoms with Crippen LogP contribution in [0.1, 0.15) is 87.3 Å². The topological polar surface area (TPSA) is 93.2 Å². The summed E-state index contributed by atoms with van der Waals surface area (Å²) in [6.07, 6.45) is 1.22. The van der Waals surface area contributed by atoms with Gasteiger partial charge in [0.05, 0.1) is 6.04 Å². The molecule has 0 spiro atoms. The molecule has 8 nitrogen and oxygen atoms in total. The van der Waals surface area contributed by atoms with Crippen molar-refractivity contribution in [2.45, 2.75) is 112 Å². The zero-order chi connectivity index (χ0) is 39.2. The van der Waals surface area contributed by atoms with Gasteiger partial charge in [-0.3, -0.25) is 9.59 Å². The van der Waals surface area contributed by atoms with Crippen molar-refractivity contribution in [3.05, 3.63) is 132 Å². The molecule has 0 bridgehead atoms. The molecule has 0 N–H and O–H groups in total. The molecule has 3 atom stereocenters. The maximum Gasteiger partial charge on any atom is 0.417 e. The molecule has 4 aromatic carbocycles. The van der Waals surface area contributed by atoms with Crippen LogP contribution >= 0.6 is 0 Å². The SMILES string of the molecule is C.C.C=C1C[C@@H](Cc2ccc(-c3ccccc3)cc2)N(C(=O)OC(C)(C)C)C1=O.CC1C[C@@H](Cc2ccc(-c3ccccc3)cc2)N(C(=O)OC(C)(C)C)C1=O. The lowest BCUT2D eigenvalue weighted by Crippen LogP contribution is -2.43. The zero-order valence-corrected chi connectivity index (χ0v) is 32.5. The molecule has 8 heteroatoms. The van der Waals surface area contributed by atoms with Crippen molar-refractivity contribution in [3.63, 3.8) is 0 Å². The van der Waals surface area contributed by atoms with E-state index < -0.39 is 23.4 Å². The molecule has 0 aliphatic carbocycles. The zero-order valence-electron chi connectivity index (χ0n) is 32.5. The van der Waals surface area contributed by atoms with Gasteiger partial charge in [0.1, 0.15) is 11.2 Å². The molecular formula is C48H60N2O6. The van der Waals surface area contributed by atoms with E-state index in [4.69, 9.17) is 9.47 Å². The molecule has 4 amide bonds. The quantitative estimate of drug-likeness (QED) is 0.182. The third-order valence-corrected chi connectivity index (χ3v) is 9.26. The van der Waals surface area contributed by atoms with Crippen LogP contribution in [-0.2, 0) is 31.9 Å². The summed E-state index contributed by atoms with van der Waals surface area (Å²) in [5.74, 6) is -0.642. The first-order valence-electron chi connectivity index (χ1n) is 18.6. The van der Waals surface area contributed by atoms with Gasteiger partial charge in [-0.05, 0) is 101 Å². The van der Waals surface area contributed by atoms with Crippen molar-refractivity contribution < 1.29 is 28.7 Å². The molecule has 56 heavy (non-hydrogen) atoms. The number of nitrogens with zero attached hydrogens (tertiary/aromatic N) is 2. The highest BCUT2D eigenvalue weighted by Crippen LogP contribution is 2.31. The number of imide groups is 2. The maximum atomic E-state index is 12.5. The summed E-state index contributed by atoms with van der Waals surface area (Å²) in [4.78, 5) is 52.5. The van der Waals surface area contributed by atoms with Crippen LogP contribution < -0.4 is 0 Å². The van der Waals surface area contributed by atoms with Gasteiger partial charge in [-0.15, -0.1) is 0 Å². The van der Waals surface area contributed by atoms with Gasteiger partial charge in [0.15, 0.2) is 0 Å².